The number of carbonyl (C=O) groups is 3. The first-order chi connectivity index (χ1) is 33.4. The van der Waals surface area contributed by atoms with Crippen molar-refractivity contribution in [3.05, 3.63) is 10.1 Å². The van der Waals surface area contributed by atoms with E-state index < -0.39 is 140 Å². The van der Waals surface area contributed by atoms with Gasteiger partial charge in [0.15, 0.2) is 18.9 Å². The molecule has 0 unspecified atom stereocenters. The summed E-state index contributed by atoms with van der Waals surface area (Å²) >= 11 is 0. The third kappa shape index (κ3) is 19.4. The van der Waals surface area contributed by atoms with Gasteiger partial charge in [-0.25, -0.2) is 0 Å². The van der Waals surface area contributed by atoms with Crippen molar-refractivity contribution in [2.24, 2.45) is 0 Å². The Morgan fingerprint density at radius 2 is 0.714 bits per heavy atom. The zero-order valence-electron chi connectivity index (χ0n) is 38.5. The summed E-state index contributed by atoms with van der Waals surface area (Å²) in [5.74, 6) is -1.79. The van der Waals surface area contributed by atoms with Crippen LogP contribution < -0.4 is 16.0 Å². The van der Waals surface area contributed by atoms with E-state index in [2.05, 4.69) is 16.0 Å². The molecule has 15 atom stereocenters. The predicted molar refractivity (Wildman–Crippen MR) is 228 cm³/mol. The van der Waals surface area contributed by atoms with Crippen LogP contribution in [0, 0.1) is 10.1 Å². The minimum absolute atomic E-state index is 0.0287. The lowest BCUT2D eigenvalue weighted by Gasteiger charge is -2.39. The molecule has 0 radical (unpaired) electrons. The van der Waals surface area contributed by atoms with E-state index in [4.69, 9.17) is 42.6 Å². The van der Waals surface area contributed by atoms with Gasteiger partial charge in [0.2, 0.25) is 23.3 Å². The van der Waals surface area contributed by atoms with E-state index >= 15 is 0 Å². The molecule has 0 aromatic rings. The Balaban J connectivity index is 1.43. The number of carbonyl (C=O) groups excluding carboxylic acids is 3. The van der Waals surface area contributed by atoms with Gasteiger partial charge in [0.1, 0.15) is 73.2 Å². The summed E-state index contributed by atoms with van der Waals surface area (Å²) < 4.78 is 47.9. The number of nitrogens with zero attached hydrogens (tertiary/aromatic N) is 1. The van der Waals surface area contributed by atoms with Crippen LogP contribution in [0.4, 0.5) is 0 Å². The van der Waals surface area contributed by atoms with Gasteiger partial charge in [-0.1, -0.05) is 0 Å². The molecule has 3 fully saturated rings. The number of ether oxygens (including phenoxy) is 9. The fourth-order valence-corrected chi connectivity index (χ4v) is 7.33. The molecule has 0 saturated carbocycles. The number of hydrogen-bond donors (Lipinski definition) is 15. The van der Waals surface area contributed by atoms with Gasteiger partial charge < -0.3 is 120 Å². The van der Waals surface area contributed by atoms with Gasteiger partial charge in [0, 0.05) is 63.1 Å². The van der Waals surface area contributed by atoms with Crippen LogP contribution in [-0.2, 0) is 57.0 Å². The van der Waals surface area contributed by atoms with Gasteiger partial charge in [0.05, 0.1) is 79.3 Å². The number of aliphatic hydroxyl groups is 12. The molecule has 0 spiro atoms. The van der Waals surface area contributed by atoms with E-state index in [0.29, 0.717) is 0 Å². The van der Waals surface area contributed by atoms with Gasteiger partial charge in [-0.15, -0.1) is 0 Å². The summed E-state index contributed by atoms with van der Waals surface area (Å²) in [5.41, 5.74) is -1.92. The molecule has 3 amide bonds. The number of aliphatic hydroxyl groups excluding tert-OH is 12. The topological polar surface area (TPSA) is 456 Å². The number of rotatable bonds is 34. The smallest absolute Gasteiger partial charge is 0.223 e. The van der Waals surface area contributed by atoms with E-state index in [9.17, 15) is 85.8 Å². The fraction of sp³-hybridized carbons (Fsp3) is 0.925. The summed E-state index contributed by atoms with van der Waals surface area (Å²) in [5, 5.41) is 138. The Bertz CT molecular complexity index is 1360. The van der Waals surface area contributed by atoms with Crippen LogP contribution in [0.2, 0.25) is 0 Å². The fourth-order valence-electron chi connectivity index (χ4n) is 7.33. The van der Waals surface area contributed by atoms with Crippen molar-refractivity contribution in [3.63, 3.8) is 0 Å². The minimum atomic E-state index is -1.92. The lowest BCUT2D eigenvalue weighted by Crippen LogP contribution is -2.59. The molecule has 3 aliphatic rings. The van der Waals surface area contributed by atoms with Crippen LogP contribution in [0.1, 0.15) is 38.5 Å². The zero-order chi connectivity index (χ0) is 51.8. The quantitative estimate of drug-likeness (QED) is 0.0162. The van der Waals surface area contributed by atoms with Crippen molar-refractivity contribution >= 4 is 17.7 Å². The second kappa shape index (κ2) is 32.2. The summed E-state index contributed by atoms with van der Waals surface area (Å²) in [4.78, 5) is 50.5. The molecule has 0 aromatic heterocycles. The maximum absolute atomic E-state index is 12.8. The molecule has 3 aliphatic heterocycles. The summed E-state index contributed by atoms with van der Waals surface area (Å²) in [6.45, 7) is -2.69. The first-order valence-corrected chi connectivity index (χ1v) is 22.8. The molecular formula is C40H72N4O26. The first kappa shape index (κ1) is 61.3. The molecule has 0 aromatic carbocycles. The van der Waals surface area contributed by atoms with E-state index in [1.165, 1.54) is 0 Å². The van der Waals surface area contributed by atoms with Gasteiger partial charge in [-0.3, -0.25) is 24.5 Å². The van der Waals surface area contributed by atoms with Gasteiger partial charge in [0.25, 0.3) is 0 Å². The van der Waals surface area contributed by atoms with Gasteiger partial charge in [-0.2, -0.15) is 0 Å². The lowest BCUT2D eigenvalue weighted by atomic mass is 9.84. The van der Waals surface area contributed by atoms with Crippen molar-refractivity contribution < 1.29 is 123 Å². The standard InChI is InChI=1S/C40H72N4O26/c45-19-22-28(51)31(54)34(57)37(68-22)65-16-13-62-10-7-41-25(48)1-4-40(44(60)61,5-2-26(49)42-8-11-63-14-17-66-38-35(58)32(55)29(52)23(20-46)69-38)6-3-27(50)43-9-12-64-15-18-67-39-36(59)33(56)30(53)24(21-47)70-39/h22-24,28-39,45-47,51-59H,1-21H2,(H,41,48)(H,42,49)(H,43,50)/t22-,23-,24-,28-,29-,30-,31+,32+,33+,34+,35+,36+,37+,38+,39+/m1/s1. The average molecular weight is 1030 g/mol. The molecule has 0 bridgehead atoms. The van der Waals surface area contributed by atoms with Crippen molar-refractivity contribution in [2.75, 3.05) is 98.9 Å². The van der Waals surface area contributed by atoms with Crippen molar-refractivity contribution in [1.82, 2.24) is 16.0 Å². The summed E-state index contributed by atoms with van der Waals surface area (Å²) in [6.07, 6.45) is -24.1. The number of amides is 3. The molecule has 3 rings (SSSR count). The molecule has 30 heteroatoms. The predicted octanol–water partition coefficient (Wildman–Crippen LogP) is -8.81. The lowest BCUT2D eigenvalue weighted by molar-refractivity contribution is -0.573. The van der Waals surface area contributed by atoms with E-state index in [1.807, 2.05) is 0 Å². The highest BCUT2D eigenvalue weighted by molar-refractivity contribution is 5.77. The first-order valence-electron chi connectivity index (χ1n) is 22.8. The van der Waals surface area contributed by atoms with Gasteiger partial charge in [-0.05, 0) is 0 Å². The molecular weight excluding hydrogens is 952 g/mol. The van der Waals surface area contributed by atoms with E-state index in [0.717, 1.165) is 0 Å². The molecule has 30 nitrogen and oxygen atoms in total. The van der Waals surface area contributed by atoms with Crippen LogP contribution in [0.15, 0.2) is 0 Å². The molecule has 15 N–H and O–H groups in total. The largest absolute Gasteiger partial charge is 0.394 e. The summed E-state index contributed by atoms with van der Waals surface area (Å²) in [6, 6.07) is 0. The van der Waals surface area contributed by atoms with Crippen molar-refractivity contribution in [2.45, 2.75) is 136 Å². The number of nitrogens with one attached hydrogen (secondary N) is 3. The molecule has 0 aliphatic carbocycles. The summed E-state index contributed by atoms with van der Waals surface area (Å²) in [7, 11) is 0. The Kier molecular flexibility index (Phi) is 28.2. The number of hydrogen-bond acceptors (Lipinski definition) is 26. The Labute approximate surface area is 401 Å². The third-order valence-corrected chi connectivity index (χ3v) is 11.6. The number of nitro groups is 1. The van der Waals surface area contributed by atoms with E-state index in [-0.39, 0.29) is 118 Å². The van der Waals surface area contributed by atoms with Crippen molar-refractivity contribution in [3.8, 4) is 0 Å². The van der Waals surface area contributed by atoms with Crippen LogP contribution in [0.5, 0.6) is 0 Å². The van der Waals surface area contributed by atoms with Crippen LogP contribution in [0.3, 0.4) is 0 Å². The maximum Gasteiger partial charge on any atom is 0.223 e. The Hall–Kier alpha value is -3.03. The molecule has 70 heavy (non-hydrogen) atoms. The normalized spacial score (nSPS) is 31.5. The Morgan fingerprint density at radius 1 is 0.443 bits per heavy atom. The third-order valence-electron chi connectivity index (χ3n) is 11.6. The van der Waals surface area contributed by atoms with Gasteiger partial charge >= 0.3 is 0 Å². The Morgan fingerprint density at radius 3 is 0.957 bits per heavy atom. The van der Waals surface area contributed by atoms with Crippen LogP contribution >= 0.6 is 0 Å². The van der Waals surface area contributed by atoms with E-state index in [1.54, 1.807) is 0 Å². The second-order valence-corrected chi connectivity index (χ2v) is 16.6. The molecule has 3 heterocycles. The average Bonchev–Trinajstić information content (AvgIpc) is 3.34. The highest BCUT2D eigenvalue weighted by atomic mass is 16.7. The maximum atomic E-state index is 12.8. The van der Waals surface area contributed by atoms with Crippen LogP contribution in [-0.4, -0.2) is 280 Å². The molecule has 3 saturated heterocycles. The monoisotopic (exact) mass is 1020 g/mol. The minimum Gasteiger partial charge on any atom is -0.394 e. The second-order valence-electron chi connectivity index (χ2n) is 16.6. The van der Waals surface area contributed by atoms with Crippen molar-refractivity contribution in [1.29, 1.82) is 0 Å². The molecule has 408 valence electrons. The highest BCUT2D eigenvalue weighted by Gasteiger charge is 2.47. The zero-order valence-corrected chi connectivity index (χ0v) is 38.5. The SMILES string of the molecule is O=C(CCC(CCC(=O)NCCOCCO[C@H]1O[C@H](CO)[C@@H](O)[C@H](O)[C@@H]1O)(CCC(=O)NCCOCCO[C@H]1O[C@H](CO)[C@@H](O)[C@H](O)[C@@H]1O)[N+](=O)[O-])NCCOCCO[C@H]1O[C@H](CO)[C@@H](O)[C@H](O)[C@@H]1O. The van der Waals surface area contributed by atoms with Crippen LogP contribution in [0.25, 0.3) is 0 Å². The highest BCUT2D eigenvalue weighted by Crippen LogP contribution is 2.30.